The smallest absolute Gasteiger partial charge is 0.308 e. The molecule has 1 heterocycles. The van der Waals surface area contributed by atoms with Crippen LogP contribution in [0.4, 0.5) is 8.78 Å². The minimum Gasteiger partial charge on any atom is -0.481 e. The molecule has 104 valence electrons. The zero-order valence-corrected chi connectivity index (χ0v) is 10.8. The Morgan fingerprint density at radius 2 is 2.00 bits per heavy atom. The van der Waals surface area contributed by atoms with Crippen LogP contribution in [0.3, 0.4) is 0 Å². The summed E-state index contributed by atoms with van der Waals surface area (Å²) in [6.45, 7) is 2.98. The van der Waals surface area contributed by atoms with Gasteiger partial charge in [-0.15, -0.1) is 0 Å². The summed E-state index contributed by atoms with van der Waals surface area (Å²) < 4.78 is 26.3. The van der Waals surface area contributed by atoms with Crippen LogP contribution in [0.5, 0.6) is 0 Å². The molecule has 19 heavy (non-hydrogen) atoms. The Morgan fingerprint density at radius 1 is 1.37 bits per heavy atom. The lowest BCUT2D eigenvalue weighted by Crippen LogP contribution is -2.45. The van der Waals surface area contributed by atoms with E-state index < -0.39 is 23.5 Å². The summed E-state index contributed by atoms with van der Waals surface area (Å²) in [5.74, 6) is -2.42. The van der Waals surface area contributed by atoms with Crippen molar-refractivity contribution in [3.63, 3.8) is 0 Å². The van der Waals surface area contributed by atoms with Crippen LogP contribution in [-0.2, 0) is 11.3 Å². The minimum atomic E-state index is -0.803. The molecular formula is C14H17F2NO2. The van der Waals surface area contributed by atoms with E-state index in [1.54, 1.807) is 0 Å². The van der Waals surface area contributed by atoms with Crippen molar-refractivity contribution in [1.82, 2.24) is 4.90 Å². The Kier molecular flexibility index (Phi) is 4.14. The maximum absolute atomic E-state index is 13.1. The van der Waals surface area contributed by atoms with Gasteiger partial charge in [-0.1, -0.05) is 0 Å². The number of nitrogens with zero attached hydrogens (tertiary/aromatic N) is 1. The average molecular weight is 269 g/mol. The number of piperidine rings is 1. The van der Waals surface area contributed by atoms with Crippen molar-refractivity contribution in [2.24, 2.45) is 5.92 Å². The van der Waals surface area contributed by atoms with Crippen LogP contribution in [0, 0.1) is 17.6 Å². The first-order chi connectivity index (χ1) is 8.97. The summed E-state index contributed by atoms with van der Waals surface area (Å²) in [7, 11) is 0. The first-order valence-corrected chi connectivity index (χ1v) is 6.39. The molecule has 0 unspecified atom stereocenters. The maximum atomic E-state index is 13.1. The third kappa shape index (κ3) is 3.29. The van der Waals surface area contributed by atoms with Crippen LogP contribution in [-0.4, -0.2) is 28.6 Å². The number of likely N-dealkylation sites (tertiary alicyclic amines) is 1. The number of aliphatic carboxylic acids is 1. The molecule has 1 saturated heterocycles. The summed E-state index contributed by atoms with van der Waals surface area (Å²) in [4.78, 5) is 13.1. The predicted octanol–water partition coefficient (Wildman–Crippen LogP) is 2.65. The second kappa shape index (κ2) is 5.65. The predicted molar refractivity (Wildman–Crippen MR) is 66.6 cm³/mol. The minimum absolute atomic E-state index is 0.127. The van der Waals surface area contributed by atoms with Gasteiger partial charge in [-0.3, -0.25) is 9.69 Å². The maximum Gasteiger partial charge on any atom is 0.308 e. The van der Waals surface area contributed by atoms with E-state index in [4.69, 9.17) is 5.11 Å². The van der Waals surface area contributed by atoms with Crippen molar-refractivity contribution in [2.45, 2.75) is 32.4 Å². The molecular weight excluding hydrogens is 252 g/mol. The van der Waals surface area contributed by atoms with Gasteiger partial charge in [0.15, 0.2) is 0 Å². The third-order valence-corrected chi connectivity index (χ3v) is 3.74. The molecule has 1 aromatic rings. The molecule has 0 bridgehead atoms. The molecule has 0 saturated carbocycles. The number of carboxylic acids is 1. The molecule has 2 rings (SSSR count). The Hall–Kier alpha value is -1.49. The van der Waals surface area contributed by atoms with E-state index in [1.807, 2.05) is 11.8 Å². The molecule has 0 aromatic heterocycles. The molecule has 1 fully saturated rings. The number of hydrogen-bond acceptors (Lipinski definition) is 2. The Labute approximate surface area is 110 Å². The topological polar surface area (TPSA) is 40.5 Å². The van der Waals surface area contributed by atoms with Gasteiger partial charge in [0, 0.05) is 18.7 Å². The van der Waals surface area contributed by atoms with Gasteiger partial charge in [0.2, 0.25) is 0 Å². The zero-order valence-electron chi connectivity index (χ0n) is 10.8. The molecule has 3 nitrogen and oxygen atoms in total. The summed E-state index contributed by atoms with van der Waals surface area (Å²) in [5, 5.41) is 9.13. The first kappa shape index (κ1) is 13.9. The standard InChI is InChI=1S/C14H17F2NO2/c1-9-13(14(18)19)3-2-4-17(9)8-10-5-11(15)7-12(16)6-10/h5-7,9,13H,2-4,8H2,1H3,(H,18,19)/t9-,13-/m1/s1. The molecule has 0 radical (unpaired) electrons. The second-order valence-electron chi connectivity index (χ2n) is 5.08. The van der Waals surface area contributed by atoms with Crippen molar-refractivity contribution in [3.05, 3.63) is 35.4 Å². The van der Waals surface area contributed by atoms with E-state index in [9.17, 15) is 13.6 Å². The van der Waals surface area contributed by atoms with Crippen molar-refractivity contribution in [1.29, 1.82) is 0 Å². The number of benzene rings is 1. The highest BCUT2D eigenvalue weighted by Crippen LogP contribution is 2.25. The van der Waals surface area contributed by atoms with E-state index in [-0.39, 0.29) is 6.04 Å². The van der Waals surface area contributed by atoms with Gasteiger partial charge in [0.25, 0.3) is 0 Å². The largest absolute Gasteiger partial charge is 0.481 e. The fraction of sp³-hybridized carbons (Fsp3) is 0.500. The van der Waals surface area contributed by atoms with E-state index in [0.717, 1.165) is 19.0 Å². The highest BCUT2D eigenvalue weighted by molar-refractivity contribution is 5.70. The number of carboxylic acid groups (broad SMARTS) is 1. The molecule has 1 aliphatic heterocycles. The zero-order chi connectivity index (χ0) is 14.0. The fourth-order valence-corrected chi connectivity index (χ4v) is 2.70. The normalized spacial score (nSPS) is 24.4. The van der Waals surface area contributed by atoms with Gasteiger partial charge >= 0.3 is 5.97 Å². The highest BCUT2D eigenvalue weighted by Gasteiger charge is 2.32. The second-order valence-corrected chi connectivity index (χ2v) is 5.08. The fourth-order valence-electron chi connectivity index (χ4n) is 2.70. The number of carbonyl (C=O) groups is 1. The van der Waals surface area contributed by atoms with Crippen LogP contribution in [0.25, 0.3) is 0 Å². The van der Waals surface area contributed by atoms with E-state index in [1.165, 1.54) is 12.1 Å². The van der Waals surface area contributed by atoms with Gasteiger partial charge in [0.05, 0.1) is 5.92 Å². The van der Waals surface area contributed by atoms with E-state index >= 15 is 0 Å². The molecule has 0 spiro atoms. The van der Waals surface area contributed by atoms with Gasteiger partial charge in [-0.25, -0.2) is 8.78 Å². The Bertz CT molecular complexity index is 458. The molecule has 1 N–H and O–H groups in total. The molecule has 5 heteroatoms. The lowest BCUT2D eigenvalue weighted by molar-refractivity contribution is -0.145. The molecule has 0 aliphatic carbocycles. The summed E-state index contributed by atoms with van der Waals surface area (Å²) in [6.07, 6.45) is 1.45. The van der Waals surface area contributed by atoms with E-state index in [2.05, 4.69) is 0 Å². The number of rotatable bonds is 3. The average Bonchev–Trinajstić information content (AvgIpc) is 2.30. The first-order valence-electron chi connectivity index (χ1n) is 6.39. The van der Waals surface area contributed by atoms with Gasteiger partial charge in [-0.05, 0) is 44.0 Å². The highest BCUT2D eigenvalue weighted by atomic mass is 19.1. The molecule has 1 aromatic carbocycles. The number of hydrogen-bond donors (Lipinski definition) is 1. The Morgan fingerprint density at radius 3 is 2.58 bits per heavy atom. The van der Waals surface area contributed by atoms with E-state index in [0.29, 0.717) is 18.5 Å². The lowest BCUT2D eigenvalue weighted by Gasteiger charge is -2.37. The van der Waals surface area contributed by atoms with Gasteiger partial charge in [-0.2, -0.15) is 0 Å². The lowest BCUT2D eigenvalue weighted by atomic mass is 9.90. The van der Waals surface area contributed by atoms with Crippen LogP contribution < -0.4 is 0 Å². The Balaban J connectivity index is 2.11. The SMILES string of the molecule is C[C@@H]1[C@H](C(=O)O)CCCN1Cc1cc(F)cc(F)c1. The van der Waals surface area contributed by atoms with Crippen molar-refractivity contribution in [3.8, 4) is 0 Å². The molecule has 1 aliphatic rings. The van der Waals surface area contributed by atoms with Crippen molar-refractivity contribution < 1.29 is 18.7 Å². The summed E-state index contributed by atoms with van der Waals surface area (Å²) in [5.41, 5.74) is 0.537. The number of halogens is 2. The summed E-state index contributed by atoms with van der Waals surface area (Å²) in [6, 6.07) is 3.29. The van der Waals surface area contributed by atoms with Crippen molar-refractivity contribution >= 4 is 5.97 Å². The molecule has 2 atom stereocenters. The summed E-state index contributed by atoms with van der Waals surface area (Å²) >= 11 is 0. The van der Waals surface area contributed by atoms with Crippen molar-refractivity contribution in [2.75, 3.05) is 6.54 Å². The quantitative estimate of drug-likeness (QED) is 0.917. The van der Waals surface area contributed by atoms with Crippen LogP contribution >= 0.6 is 0 Å². The van der Waals surface area contributed by atoms with Crippen LogP contribution in [0.2, 0.25) is 0 Å². The monoisotopic (exact) mass is 269 g/mol. The van der Waals surface area contributed by atoms with Crippen LogP contribution in [0.15, 0.2) is 18.2 Å². The molecule has 0 amide bonds. The van der Waals surface area contributed by atoms with Gasteiger partial charge in [0.1, 0.15) is 11.6 Å². The van der Waals surface area contributed by atoms with Gasteiger partial charge < -0.3 is 5.11 Å². The third-order valence-electron chi connectivity index (χ3n) is 3.74. The van der Waals surface area contributed by atoms with Crippen LogP contribution in [0.1, 0.15) is 25.3 Å².